The van der Waals surface area contributed by atoms with Gasteiger partial charge in [0.2, 0.25) is 10.0 Å². The highest BCUT2D eigenvalue weighted by Crippen LogP contribution is 2.21. The number of aliphatic carboxylic acids is 1. The van der Waals surface area contributed by atoms with Crippen LogP contribution in [0, 0.1) is 0 Å². The summed E-state index contributed by atoms with van der Waals surface area (Å²) in [6.45, 7) is -0.476. The summed E-state index contributed by atoms with van der Waals surface area (Å²) in [7, 11) is -3.60. The van der Waals surface area contributed by atoms with Gasteiger partial charge in [0, 0.05) is 6.54 Å². The molecule has 0 saturated carbocycles. The van der Waals surface area contributed by atoms with Crippen LogP contribution in [0.15, 0.2) is 0 Å². The number of hydrogen-bond acceptors (Lipinski definition) is 3. The molecular formula is C8H14FNO4S. The Bertz CT molecular complexity index is 330. The average molecular weight is 239 g/mol. The number of rotatable bonds is 5. The van der Waals surface area contributed by atoms with Gasteiger partial charge in [0.1, 0.15) is 6.04 Å². The molecule has 1 fully saturated rings. The van der Waals surface area contributed by atoms with Crippen LogP contribution in [-0.2, 0) is 14.8 Å². The minimum atomic E-state index is -3.60. The Labute approximate surface area is 87.9 Å². The molecule has 0 spiro atoms. The molecule has 1 unspecified atom stereocenters. The molecule has 0 aliphatic carbocycles. The highest BCUT2D eigenvalue weighted by molar-refractivity contribution is 7.89. The largest absolute Gasteiger partial charge is 0.480 e. The van der Waals surface area contributed by atoms with E-state index in [0.29, 0.717) is 12.8 Å². The fourth-order valence-corrected chi connectivity index (χ4v) is 3.37. The third-order valence-corrected chi connectivity index (χ3v) is 4.34. The highest BCUT2D eigenvalue weighted by atomic mass is 32.2. The highest BCUT2D eigenvalue weighted by Gasteiger charge is 2.38. The molecule has 15 heavy (non-hydrogen) atoms. The lowest BCUT2D eigenvalue weighted by atomic mass is 10.2. The summed E-state index contributed by atoms with van der Waals surface area (Å²) < 4.78 is 36.0. The van der Waals surface area contributed by atoms with Gasteiger partial charge in [-0.25, -0.2) is 8.42 Å². The molecule has 1 atom stereocenters. The molecule has 0 aromatic carbocycles. The second-order valence-corrected chi connectivity index (χ2v) is 5.51. The zero-order valence-electron chi connectivity index (χ0n) is 8.23. The normalized spacial score (nSPS) is 23.1. The number of halogens is 1. The summed E-state index contributed by atoms with van der Waals surface area (Å²) in [6.07, 6.45) is 0.807. The van der Waals surface area contributed by atoms with Crippen LogP contribution in [0.3, 0.4) is 0 Å². The monoisotopic (exact) mass is 239 g/mol. The van der Waals surface area contributed by atoms with Gasteiger partial charge in [-0.3, -0.25) is 9.18 Å². The van der Waals surface area contributed by atoms with Crippen LogP contribution in [-0.4, -0.2) is 48.8 Å². The molecule has 1 rings (SSSR count). The topological polar surface area (TPSA) is 74.7 Å². The van der Waals surface area contributed by atoms with Gasteiger partial charge >= 0.3 is 5.97 Å². The number of carboxylic acid groups (broad SMARTS) is 1. The van der Waals surface area contributed by atoms with Gasteiger partial charge in [0.05, 0.1) is 12.4 Å². The molecule has 0 radical (unpaired) electrons. The van der Waals surface area contributed by atoms with Gasteiger partial charge in [-0.15, -0.1) is 0 Å². The van der Waals surface area contributed by atoms with E-state index in [1.54, 1.807) is 0 Å². The molecule has 88 valence electrons. The predicted octanol–water partition coefficient (Wildman–Crippen LogP) is 0.225. The maximum Gasteiger partial charge on any atom is 0.322 e. The molecule has 0 bridgehead atoms. The maximum atomic E-state index is 11.9. The first-order valence-electron chi connectivity index (χ1n) is 4.77. The Morgan fingerprint density at radius 3 is 2.73 bits per heavy atom. The van der Waals surface area contributed by atoms with Gasteiger partial charge in [0.25, 0.3) is 0 Å². The van der Waals surface area contributed by atoms with Crippen LogP contribution in [0.2, 0.25) is 0 Å². The Hall–Kier alpha value is -0.690. The van der Waals surface area contributed by atoms with E-state index >= 15 is 0 Å². The van der Waals surface area contributed by atoms with E-state index in [-0.39, 0.29) is 18.7 Å². The molecule has 1 aliphatic rings. The van der Waals surface area contributed by atoms with Crippen molar-refractivity contribution in [2.75, 3.05) is 19.0 Å². The number of hydrogen-bond donors (Lipinski definition) is 1. The first-order valence-corrected chi connectivity index (χ1v) is 6.38. The predicted molar refractivity (Wildman–Crippen MR) is 51.7 cm³/mol. The van der Waals surface area contributed by atoms with Crippen molar-refractivity contribution in [1.82, 2.24) is 4.31 Å². The number of sulfonamides is 1. The van der Waals surface area contributed by atoms with Gasteiger partial charge in [0.15, 0.2) is 0 Å². The first-order chi connectivity index (χ1) is 6.99. The summed E-state index contributed by atoms with van der Waals surface area (Å²) in [4.78, 5) is 10.8. The summed E-state index contributed by atoms with van der Waals surface area (Å²) in [6, 6.07) is -0.963. The quantitative estimate of drug-likeness (QED) is 0.745. The standard InChI is InChI=1S/C8H14FNO4S/c9-4-2-6-15(13,14)10-5-1-3-7(10)8(11)12/h7H,1-6H2,(H,11,12). The number of carboxylic acids is 1. The van der Waals surface area contributed by atoms with Crippen molar-refractivity contribution in [3.63, 3.8) is 0 Å². The van der Waals surface area contributed by atoms with E-state index in [1.807, 2.05) is 0 Å². The SMILES string of the molecule is O=C(O)C1CCCN1S(=O)(=O)CCCF. The minimum absolute atomic E-state index is 0.0782. The van der Waals surface area contributed by atoms with Gasteiger partial charge in [-0.2, -0.15) is 4.31 Å². The average Bonchev–Trinajstić information content (AvgIpc) is 2.63. The van der Waals surface area contributed by atoms with Crippen LogP contribution in [0.4, 0.5) is 4.39 Å². The number of carbonyl (C=O) groups is 1. The van der Waals surface area contributed by atoms with E-state index in [2.05, 4.69) is 0 Å². The summed E-state index contributed by atoms with van der Waals surface area (Å²) in [5, 5.41) is 8.79. The lowest BCUT2D eigenvalue weighted by molar-refractivity contribution is -0.140. The summed E-state index contributed by atoms with van der Waals surface area (Å²) in [5.41, 5.74) is 0. The zero-order valence-corrected chi connectivity index (χ0v) is 9.04. The molecule has 0 amide bonds. The maximum absolute atomic E-state index is 11.9. The third kappa shape index (κ3) is 2.88. The first kappa shape index (κ1) is 12.4. The van der Waals surface area contributed by atoms with Crippen LogP contribution >= 0.6 is 0 Å². The molecule has 5 nitrogen and oxygen atoms in total. The molecule has 1 saturated heterocycles. The van der Waals surface area contributed by atoms with Crippen molar-refractivity contribution >= 4 is 16.0 Å². The molecule has 1 N–H and O–H groups in total. The molecule has 1 aliphatic heterocycles. The van der Waals surface area contributed by atoms with Crippen molar-refractivity contribution in [2.24, 2.45) is 0 Å². The molecular weight excluding hydrogens is 225 g/mol. The van der Waals surface area contributed by atoms with Crippen LogP contribution in [0.1, 0.15) is 19.3 Å². The van der Waals surface area contributed by atoms with Crippen molar-refractivity contribution in [3.8, 4) is 0 Å². The Balaban J connectivity index is 2.73. The molecule has 1 heterocycles. The zero-order chi connectivity index (χ0) is 11.5. The van der Waals surface area contributed by atoms with Gasteiger partial charge in [-0.05, 0) is 19.3 Å². The van der Waals surface area contributed by atoms with Crippen molar-refractivity contribution in [3.05, 3.63) is 0 Å². The molecule has 7 heteroatoms. The number of alkyl halides is 1. The second-order valence-electron chi connectivity index (χ2n) is 3.47. The van der Waals surface area contributed by atoms with Crippen LogP contribution in [0.5, 0.6) is 0 Å². The fourth-order valence-electron chi connectivity index (χ4n) is 1.67. The van der Waals surface area contributed by atoms with Crippen LogP contribution < -0.4 is 0 Å². The van der Waals surface area contributed by atoms with E-state index in [0.717, 1.165) is 4.31 Å². The van der Waals surface area contributed by atoms with Crippen molar-refractivity contribution in [2.45, 2.75) is 25.3 Å². The smallest absolute Gasteiger partial charge is 0.322 e. The lowest BCUT2D eigenvalue weighted by Gasteiger charge is -2.20. The summed E-state index contributed by atoms with van der Waals surface area (Å²) >= 11 is 0. The summed E-state index contributed by atoms with van der Waals surface area (Å²) in [5.74, 6) is -1.44. The Kier molecular flexibility index (Phi) is 4.04. The van der Waals surface area contributed by atoms with Gasteiger partial charge in [-0.1, -0.05) is 0 Å². The van der Waals surface area contributed by atoms with Crippen LogP contribution in [0.25, 0.3) is 0 Å². The minimum Gasteiger partial charge on any atom is -0.480 e. The fraction of sp³-hybridized carbons (Fsp3) is 0.875. The van der Waals surface area contributed by atoms with Crippen molar-refractivity contribution in [1.29, 1.82) is 0 Å². The van der Waals surface area contributed by atoms with E-state index in [4.69, 9.17) is 5.11 Å². The second kappa shape index (κ2) is 4.89. The van der Waals surface area contributed by atoms with Crippen molar-refractivity contribution < 1.29 is 22.7 Å². The van der Waals surface area contributed by atoms with E-state index in [1.165, 1.54) is 0 Å². The molecule has 0 aromatic heterocycles. The Morgan fingerprint density at radius 2 is 2.20 bits per heavy atom. The van der Waals surface area contributed by atoms with E-state index < -0.39 is 28.7 Å². The lowest BCUT2D eigenvalue weighted by Crippen LogP contribution is -2.41. The Morgan fingerprint density at radius 1 is 1.53 bits per heavy atom. The van der Waals surface area contributed by atoms with Gasteiger partial charge < -0.3 is 5.11 Å². The molecule has 0 aromatic rings. The third-order valence-electron chi connectivity index (χ3n) is 2.38. The van der Waals surface area contributed by atoms with E-state index in [9.17, 15) is 17.6 Å². The number of nitrogens with zero attached hydrogens (tertiary/aromatic N) is 1.